The molecule has 0 aromatic heterocycles. The van der Waals surface area contributed by atoms with Gasteiger partial charge in [-0.1, -0.05) is 24.2 Å². The first kappa shape index (κ1) is 10.6. The summed E-state index contributed by atoms with van der Waals surface area (Å²) in [7, 11) is 1.64. The minimum absolute atomic E-state index is 0.653. The van der Waals surface area contributed by atoms with E-state index < -0.39 is 0 Å². The molecule has 3 nitrogen and oxygen atoms in total. The molecule has 0 aliphatic heterocycles. The van der Waals surface area contributed by atoms with Crippen LogP contribution in [0.5, 0.6) is 5.75 Å². The second-order valence-electron chi connectivity index (χ2n) is 2.84. The number of oxime groups is 1. The minimum atomic E-state index is 0.653. The van der Waals surface area contributed by atoms with Gasteiger partial charge in [-0.25, -0.2) is 0 Å². The Bertz CT molecular complexity index is 297. The fraction of sp³-hybridized carbons (Fsp3) is 0.364. The number of nitrogens with zero attached hydrogens (tertiary/aromatic N) is 1. The highest BCUT2D eigenvalue weighted by Crippen LogP contribution is 2.10. The van der Waals surface area contributed by atoms with Gasteiger partial charge in [-0.15, -0.1) is 0 Å². The van der Waals surface area contributed by atoms with Crippen molar-refractivity contribution in [2.75, 3.05) is 13.7 Å². The van der Waals surface area contributed by atoms with E-state index in [-0.39, 0.29) is 0 Å². The Morgan fingerprint density at radius 3 is 3.00 bits per heavy atom. The molecule has 0 aliphatic carbocycles. The number of benzene rings is 1. The topological polar surface area (TPSA) is 30.8 Å². The standard InChI is InChI=1S/C11H15NO2/c1-3-7-14-12-9-10-5-4-6-11(8-10)13-2/h4-6,8-9H,3,7H2,1-2H3. The molecule has 0 unspecified atom stereocenters. The lowest BCUT2D eigenvalue weighted by molar-refractivity contribution is 0.146. The number of methoxy groups -OCH3 is 1. The highest BCUT2D eigenvalue weighted by atomic mass is 16.6. The summed E-state index contributed by atoms with van der Waals surface area (Å²) >= 11 is 0. The second-order valence-corrected chi connectivity index (χ2v) is 2.84. The number of rotatable bonds is 5. The zero-order valence-electron chi connectivity index (χ0n) is 8.56. The third kappa shape index (κ3) is 3.47. The van der Waals surface area contributed by atoms with E-state index in [4.69, 9.17) is 9.57 Å². The van der Waals surface area contributed by atoms with E-state index >= 15 is 0 Å². The van der Waals surface area contributed by atoms with E-state index in [1.54, 1.807) is 13.3 Å². The molecule has 0 bridgehead atoms. The third-order valence-corrected chi connectivity index (χ3v) is 1.67. The quantitative estimate of drug-likeness (QED) is 0.408. The molecule has 0 N–H and O–H groups in total. The highest BCUT2D eigenvalue weighted by molar-refractivity contribution is 5.79. The van der Waals surface area contributed by atoms with Crippen molar-refractivity contribution >= 4 is 6.21 Å². The largest absolute Gasteiger partial charge is 0.497 e. The lowest BCUT2D eigenvalue weighted by Gasteiger charge is -1.99. The first-order chi connectivity index (χ1) is 6.86. The number of ether oxygens (including phenoxy) is 1. The van der Waals surface area contributed by atoms with E-state index in [1.165, 1.54) is 0 Å². The monoisotopic (exact) mass is 193 g/mol. The van der Waals surface area contributed by atoms with E-state index in [1.807, 2.05) is 31.2 Å². The summed E-state index contributed by atoms with van der Waals surface area (Å²) in [4.78, 5) is 4.99. The van der Waals surface area contributed by atoms with Crippen molar-refractivity contribution < 1.29 is 9.57 Å². The van der Waals surface area contributed by atoms with Crippen molar-refractivity contribution in [3.63, 3.8) is 0 Å². The van der Waals surface area contributed by atoms with Gasteiger partial charge in [0.2, 0.25) is 0 Å². The lowest BCUT2D eigenvalue weighted by Crippen LogP contribution is -1.88. The molecule has 76 valence electrons. The van der Waals surface area contributed by atoms with Crippen molar-refractivity contribution in [1.29, 1.82) is 0 Å². The maximum Gasteiger partial charge on any atom is 0.119 e. The molecule has 0 saturated heterocycles. The smallest absolute Gasteiger partial charge is 0.119 e. The van der Waals surface area contributed by atoms with E-state index in [0.717, 1.165) is 17.7 Å². The number of hydrogen-bond acceptors (Lipinski definition) is 3. The van der Waals surface area contributed by atoms with Gasteiger partial charge in [-0.05, 0) is 24.1 Å². The van der Waals surface area contributed by atoms with Gasteiger partial charge >= 0.3 is 0 Å². The van der Waals surface area contributed by atoms with Crippen LogP contribution >= 0.6 is 0 Å². The molecule has 14 heavy (non-hydrogen) atoms. The molecule has 0 amide bonds. The Hall–Kier alpha value is -1.51. The van der Waals surface area contributed by atoms with Crippen LogP contribution in [0.3, 0.4) is 0 Å². The highest BCUT2D eigenvalue weighted by Gasteiger charge is 1.91. The van der Waals surface area contributed by atoms with Crippen LogP contribution in [0.4, 0.5) is 0 Å². The fourth-order valence-electron chi connectivity index (χ4n) is 0.964. The van der Waals surface area contributed by atoms with Crippen LogP contribution in [-0.2, 0) is 4.84 Å². The van der Waals surface area contributed by atoms with Crippen molar-refractivity contribution in [2.45, 2.75) is 13.3 Å². The van der Waals surface area contributed by atoms with Gasteiger partial charge in [0.1, 0.15) is 12.4 Å². The molecule has 1 aromatic rings. The Morgan fingerprint density at radius 1 is 1.43 bits per heavy atom. The summed E-state index contributed by atoms with van der Waals surface area (Å²) < 4.78 is 5.08. The predicted octanol–water partition coefficient (Wildman–Crippen LogP) is 2.46. The van der Waals surface area contributed by atoms with Crippen LogP contribution in [-0.4, -0.2) is 19.9 Å². The van der Waals surface area contributed by atoms with Crippen molar-refractivity contribution in [1.82, 2.24) is 0 Å². The van der Waals surface area contributed by atoms with Crippen molar-refractivity contribution in [3.05, 3.63) is 29.8 Å². The van der Waals surface area contributed by atoms with Gasteiger partial charge in [-0.3, -0.25) is 0 Å². The molecule has 0 spiro atoms. The molecule has 0 aliphatic rings. The van der Waals surface area contributed by atoms with Crippen LogP contribution in [0.25, 0.3) is 0 Å². The lowest BCUT2D eigenvalue weighted by atomic mass is 10.2. The van der Waals surface area contributed by atoms with Gasteiger partial charge in [-0.2, -0.15) is 0 Å². The molecule has 0 atom stereocenters. The zero-order valence-corrected chi connectivity index (χ0v) is 8.56. The fourth-order valence-corrected chi connectivity index (χ4v) is 0.964. The average molecular weight is 193 g/mol. The maximum absolute atomic E-state index is 5.08. The molecule has 1 rings (SSSR count). The first-order valence-electron chi connectivity index (χ1n) is 4.66. The van der Waals surface area contributed by atoms with E-state index in [9.17, 15) is 0 Å². The molecular weight excluding hydrogens is 178 g/mol. The predicted molar refractivity (Wildman–Crippen MR) is 56.8 cm³/mol. The van der Waals surface area contributed by atoms with Crippen LogP contribution in [0, 0.1) is 0 Å². The Kier molecular flexibility index (Phi) is 4.55. The van der Waals surface area contributed by atoms with Crippen LogP contribution in [0.2, 0.25) is 0 Å². The second kappa shape index (κ2) is 6.02. The first-order valence-corrected chi connectivity index (χ1v) is 4.66. The molecular formula is C11H15NO2. The summed E-state index contributed by atoms with van der Waals surface area (Å²) in [6.45, 7) is 2.70. The molecule has 3 heteroatoms. The molecule has 0 fully saturated rings. The van der Waals surface area contributed by atoms with Gasteiger partial charge in [0, 0.05) is 0 Å². The summed E-state index contributed by atoms with van der Waals surface area (Å²) in [6, 6.07) is 7.66. The van der Waals surface area contributed by atoms with Crippen molar-refractivity contribution in [3.8, 4) is 5.75 Å². The van der Waals surface area contributed by atoms with Gasteiger partial charge < -0.3 is 9.57 Å². The summed E-state index contributed by atoms with van der Waals surface area (Å²) in [5, 5.41) is 3.83. The van der Waals surface area contributed by atoms with Crippen LogP contribution in [0.15, 0.2) is 29.4 Å². The van der Waals surface area contributed by atoms with Gasteiger partial charge in [0.05, 0.1) is 13.3 Å². The zero-order chi connectivity index (χ0) is 10.2. The summed E-state index contributed by atoms with van der Waals surface area (Å²) in [6.07, 6.45) is 2.65. The average Bonchev–Trinajstić information content (AvgIpc) is 2.25. The molecule has 0 heterocycles. The normalized spacial score (nSPS) is 10.4. The maximum atomic E-state index is 5.08. The number of hydrogen-bond donors (Lipinski definition) is 0. The van der Waals surface area contributed by atoms with Gasteiger partial charge in [0.25, 0.3) is 0 Å². The summed E-state index contributed by atoms with van der Waals surface area (Å²) in [5.74, 6) is 0.824. The Balaban J connectivity index is 2.53. The van der Waals surface area contributed by atoms with Crippen molar-refractivity contribution in [2.24, 2.45) is 5.16 Å². The van der Waals surface area contributed by atoms with Crippen LogP contribution in [0.1, 0.15) is 18.9 Å². The minimum Gasteiger partial charge on any atom is -0.497 e. The Labute approximate surface area is 84.3 Å². The molecule has 1 aromatic carbocycles. The van der Waals surface area contributed by atoms with Crippen LogP contribution < -0.4 is 4.74 Å². The Morgan fingerprint density at radius 2 is 2.29 bits per heavy atom. The third-order valence-electron chi connectivity index (χ3n) is 1.67. The summed E-state index contributed by atoms with van der Waals surface area (Å²) in [5.41, 5.74) is 0.973. The van der Waals surface area contributed by atoms with E-state index in [0.29, 0.717) is 6.61 Å². The van der Waals surface area contributed by atoms with Gasteiger partial charge in [0.15, 0.2) is 0 Å². The molecule has 0 radical (unpaired) electrons. The SMILES string of the molecule is CCCON=Cc1cccc(OC)c1. The van der Waals surface area contributed by atoms with E-state index in [2.05, 4.69) is 5.16 Å². The molecule has 0 saturated carbocycles.